The van der Waals surface area contributed by atoms with Gasteiger partial charge in [-0.1, -0.05) is 65.3 Å². The number of carbonyl (C=O) groups excluding carboxylic acids is 1. The number of methoxy groups -OCH3 is 1. The predicted molar refractivity (Wildman–Crippen MR) is 207 cm³/mol. The molecule has 1 aliphatic heterocycles. The number of aliphatic imine (C=N–C) groups is 1. The molecule has 2 N–H and O–H groups in total. The van der Waals surface area contributed by atoms with Crippen LogP contribution in [0.2, 0.25) is 0 Å². The molecular weight excluding hydrogens is 662 g/mol. The van der Waals surface area contributed by atoms with Gasteiger partial charge < -0.3 is 25.1 Å². The highest BCUT2D eigenvalue weighted by Gasteiger charge is 2.37. The lowest BCUT2D eigenvalue weighted by molar-refractivity contribution is -0.114. The number of nitrogens with zero attached hydrogens (tertiary/aromatic N) is 4. The van der Waals surface area contributed by atoms with E-state index in [1.807, 2.05) is 54.3 Å². The Kier molecular flexibility index (Phi) is 14.1. The van der Waals surface area contributed by atoms with Crippen LogP contribution in [0.15, 0.2) is 83.3 Å². The van der Waals surface area contributed by atoms with Crippen molar-refractivity contribution in [2.45, 2.75) is 86.2 Å². The molecule has 0 saturated heterocycles. The summed E-state index contributed by atoms with van der Waals surface area (Å²) in [5, 5.41) is 10.1. The number of carbonyl (C=O) groups is 1. The van der Waals surface area contributed by atoms with Crippen molar-refractivity contribution in [2.24, 2.45) is 10.4 Å². The fourth-order valence-electron chi connectivity index (χ4n) is 6.57. The first-order valence-corrected chi connectivity index (χ1v) is 18.0. The quantitative estimate of drug-likeness (QED) is 0.143. The summed E-state index contributed by atoms with van der Waals surface area (Å²) >= 11 is 0. The number of halogens is 2. The Balaban J connectivity index is 0.00000195. The smallest absolute Gasteiger partial charge is 0.222 e. The fraction of sp³-hybridized carbons (Fsp3) is 0.439. The number of hydrogen-bond donors (Lipinski definition) is 2. The summed E-state index contributed by atoms with van der Waals surface area (Å²) in [5.41, 5.74) is 5.49. The van der Waals surface area contributed by atoms with Gasteiger partial charge in [-0.25, -0.2) is 23.8 Å². The largest absolute Gasteiger partial charge is 0.491 e. The molecule has 11 heteroatoms. The molecule has 1 saturated carbocycles. The van der Waals surface area contributed by atoms with E-state index in [9.17, 15) is 4.79 Å². The molecule has 2 atom stereocenters. The Morgan fingerprint density at radius 2 is 1.77 bits per heavy atom. The van der Waals surface area contributed by atoms with Crippen molar-refractivity contribution < 1.29 is 23.0 Å². The zero-order chi connectivity index (χ0) is 38.0. The number of hydrazine groups is 1. The molecule has 0 spiro atoms. The van der Waals surface area contributed by atoms with Crippen LogP contribution >= 0.6 is 0 Å². The minimum Gasteiger partial charge on any atom is -0.491 e. The molecule has 3 aromatic rings. The van der Waals surface area contributed by atoms with Crippen LogP contribution in [-0.2, 0) is 16.1 Å². The van der Waals surface area contributed by atoms with Crippen LogP contribution in [0.4, 0.5) is 26.0 Å². The number of para-hydroxylation sites is 1. The number of aromatic nitrogens is 1. The van der Waals surface area contributed by atoms with E-state index in [-0.39, 0.29) is 41.8 Å². The predicted octanol–water partition coefficient (Wildman–Crippen LogP) is 9.61. The second kappa shape index (κ2) is 18.2. The normalized spacial score (nSPS) is 19.8. The van der Waals surface area contributed by atoms with E-state index in [1.165, 1.54) is 32.6 Å². The monoisotopic (exact) mass is 716 g/mol. The van der Waals surface area contributed by atoms with Crippen molar-refractivity contribution in [3.63, 3.8) is 0 Å². The van der Waals surface area contributed by atoms with Crippen LogP contribution in [0.1, 0.15) is 90.8 Å². The molecule has 2 heterocycles. The van der Waals surface area contributed by atoms with Gasteiger partial charge in [-0.15, -0.1) is 0 Å². The van der Waals surface area contributed by atoms with Gasteiger partial charge >= 0.3 is 0 Å². The molecule has 1 aliphatic carbocycles. The highest BCUT2D eigenvalue weighted by atomic mass is 19.1. The first-order chi connectivity index (χ1) is 24.8. The molecule has 2 unspecified atom stereocenters. The third-order valence-electron chi connectivity index (χ3n) is 9.44. The van der Waals surface area contributed by atoms with Gasteiger partial charge in [-0.2, -0.15) is 0 Å². The summed E-state index contributed by atoms with van der Waals surface area (Å²) in [6, 6.07) is 13.5. The van der Waals surface area contributed by atoms with Crippen LogP contribution in [0.5, 0.6) is 5.75 Å². The summed E-state index contributed by atoms with van der Waals surface area (Å²) in [7, 11) is 3.43. The van der Waals surface area contributed by atoms with E-state index in [4.69, 9.17) is 14.5 Å². The Hall–Kier alpha value is -4.61. The van der Waals surface area contributed by atoms with E-state index >= 15 is 8.78 Å². The number of anilines is 3. The molecule has 1 fully saturated rings. The van der Waals surface area contributed by atoms with Crippen LogP contribution in [0.3, 0.4) is 0 Å². The van der Waals surface area contributed by atoms with E-state index < -0.39 is 11.6 Å². The van der Waals surface area contributed by atoms with E-state index in [0.29, 0.717) is 18.2 Å². The van der Waals surface area contributed by atoms with E-state index in [0.717, 1.165) is 59.5 Å². The average Bonchev–Trinajstić information content (AvgIpc) is 3.37. The number of fused-ring (bicyclic) bond motifs is 1. The van der Waals surface area contributed by atoms with Gasteiger partial charge in [0, 0.05) is 68.0 Å². The molecule has 9 nitrogen and oxygen atoms in total. The van der Waals surface area contributed by atoms with Crippen LogP contribution < -0.4 is 20.4 Å². The maximum atomic E-state index is 15.4. The SMILES string of the molecule is C=C1CC(C)(CC)CC/C1=C(/N=C(\C)C1c2ccccc2N(Cc2c(F)cc(OCCOC)cc2F)N1C)Nc1ccnc(NC(C)=O)c1.CCC. The minimum atomic E-state index is -0.686. The molecule has 0 radical (unpaired) electrons. The Morgan fingerprint density at radius 1 is 1.08 bits per heavy atom. The van der Waals surface area contributed by atoms with Gasteiger partial charge in [0.15, 0.2) is 0 Å². The Morgan fingerprint density at radius 3 is 2.40 bits per heavy atom. The molecular formula is C41H54F2N6O3. The third-order valence-corrected chi connectivity index (χ3v) is 9.44. The standard InChI is InChI=1S/C38H46F2N6O3.C3H8/c1-8-38(5)15-13-29(24(2)22-38)37(44-27-14-16-41-35(19-27)43-26(4)47)42-25(3)36-30-11-9-10-12-34(30)46(45(36)6)23-31-32(39)20-28(21-33(31)40)49-18-17-48-7;1-3-2/h9-12,14,16,19-21,36H,2,8,13,15,17-18,22-23H2,1,3-7H3,(H2,41,43,44,47);3H2,1-2H3/b37-29+,42-25+;. The summed E-state index contributed by atoms with van der Waals surface area (Å²) in [6.07, 6.45) is 6.60. The summed E-state index contributed by atoms with van der Waals surface area (Å²) in [5.74, 6) is -0.371. The molecule has 5 rings (SSSR count). The molecule has 2 aliphatic rings. The van der Waals surface area contributed by atoms with Crippen LogP contribution in [0.25, 0.3) is 0 Å². The average molecular weight is 717 g/mol. The molecule has 1 amide bonds. The van der Waals surface area contributed by atoms with Crippen molar-refractivity contribution in [2.75, 3.05) is 43.0 Å². The molecule has 280 valence electrons. The molecule has 2 aromatic carbocycles. The lowest BCUT2D eigenvalue weighted by Crippen LogP contribution is -2.38. The third kappa shape index (κ3) is 9.83. The number of benzene rings is 2. The summed E-state index contributed by atoms with van der Waals surface area (Å²) in [4.78, 5) is 21.2. The highest BCUT2D eigenvalue weighted by molar-refractivity contribution is 5.93. The first-order valence-electron chi connectivity index (χ1n) is 18.0. The second-order valence-electron chi connectivity index (χ2n) is 13.8. The number of rotatable bonds is 12. The van der Waals surface area contributed by atoms with Crippen molar-refractivity contribution in [1.29, 1.82) is 0 Å². The fourth-order valence-corrected chi connectivity index (χ4v) is 6.57. The lowest BCUT2D eigenvalue weighted by Gasteiger charge is -2.36. The minimum absolute atomic E-state index is 0.0329. The van der Waals surface area contributed by atoms with Crippen LogP contribution in [-0.4, -0.2) is 49.0 Å². The van der Waals surface area contributed by atoms with E-state index in [1.54, 1.807) is 12.3 Å². The number of ether oxygens (including phenoxy) is 2. The molecule has 1 aromatic heterocycles. The van der Waals surface area contributed by atoms with Crippen molar-refractivity contribution in [3.8, 4) is 5.75 Å². The Bertz CT molecular complexity index is 1770. The van der Waals surface area contributed by atoms with Crippen LogP contribution in [0, 0.1) is 17.0 Å². The number of pyridine rings is 1. The van der Waals surface area contributed by atoms with Gasteiger partial charge in [0.2, 0.25) is 5.91 Å². The van der Waals surface area contributed by atoms with Gasteiger partial charge in [-0.3, -0.25) is 4.79 Å². The molecule has 0 bridgehead atoms. The van der Waals surface area contributed by atoms with Crippen molar-refractivity contribution >= 4 is 28.8 Å². The van der Waals surface area contributed by atoms with Gasteiger partial charge in [0.1, 0.15) is 35.6 Å². The van der Waals surface area contributed by atoms with Crippen molar-refractivity contribution in [1.82, 2.24) is 9.99 Å². The molecule has 52 heavy (non-hydrogen) atoms. The zero-order valence-corrected chi connectivity index (χ0v) is 31.9. The van der Waals surface area contributed by atoms with Gasteiger partial charge in [-0.05, 0) is 54.9 Å². The zero-order valence-electron chi connectivity index (χ0n) is 31.9. The topological polar surface area (TPSA) is 91.3 Å². The summed E-state index contributed by atoms with van der Waals surface area (Å²) < 4.78 is 41.2. The van der Waals surface area contributed by atoms with Gasteiger partial charge in [0.25, 0.3) is 0 Å². The number of hydrogen-bond acceptors (Lipinski definition) is 8. The number of nitrogens with one attached hydrogen (secondary N) is 2. The number of allylic oxidation sites excluding steroid dienone is 2. The lowest BCUT2D eigenvalue weighted by atomic mass is 9.70. The maximum Gasteiger partial charge on any atom is 0.222 e. The maximum absolute atomic E-state index is 15.4. The van der Waals surface area contributed by atoms with Gasteiger partial charge in [0.05, 0.1) is 24.9 Å². The Labute approximate surface area is 307 Å². The second-order valence-corrected chi connectivity index (χ2v) is 13.8. The van der Waals surface area contributed by atoms with E-state index in [2.05, 4.69) is 49.9 Å². The number of amides is 1. The van der Waals surface area contributed by atoms with Crippen molar-refractivity contribution in [3.05, 3.63) is 101 Å². The highest BCUT2D eigenvalue weighted by Crippen LogP contribution is 2.45. The first kappa shape index (κ1) is 40.2. The summed E-state index contributed by atoms with van der Waals surface area (Å²) in [6.45, 7) is 17.1.